The van der Waals surface area contributed by atoms with E-state index in [1.54, 1.807) is 24.3 Å². The van der Waals surface area contributed by atoms with Gasteiger partial charge in [0.2, 0.25) is 11.7 Å². The van der Waals surface area contributed by atoms with E-state index in [0.29, 0.717) is 41.7 Å². The van der Waals surface area contributed by atoms with Crippen molar-refractivity contribution < 1.29 is 28.1 Å². The second kappa shape index (κ2) is 10.6. The molecule has 1 atom stereocenters. The van der Waals surface area contributed by atoms with Gasteiger partial charge in [0.1, 0.15) is 5.82 Å². The van der Waals surface area contributed by atoms with Crippen LogP contribution in [0.5, 0.6) is 17.2 Å². The fourth-order valence-electron chi connectivity index (χ4n) is 3.15. The second-order valence-electron chi connectivity index (χ2n) is 6.82. The minimum absolute atomic E-state index is 0.00287. The number of halogens is 1. The number of carbonyl (C=O) groups excluding carboxylic acids is 1. The van der Waals surface area contributed by atoms with Crippen LogP contribution in [0.3, 0.4) is 0 Å². The van der Waals surface area contributed by atoms with Gasteiger partial charge in [-0.15, -0.1) is 0 Å². The van der Waals surface area contributed by atoms with Crippen molar-refractivity contribution in [2.45, 2.75) is 18.9 Å². The number of amides is 1. The van der Waals surface area contributed by atoms with Gasteiger partial charge in [-0.2, -0.15) is 0 Å². The summed E-state index contributed by atoms with van der Waals surface area (Å²) in [7, 11) is 4.44. The van der Waals surface area contributed by atoms with Crippen molar-refractivity contribution in [2.24, 2.45) is 4.99 Å². The highest BCUT2D eigenvalue weighted by molar-refractivity contribution is 6.10. The molecule has 166 valence electrons. The summed E-state index contributed by atoms with van der Waals surface area (Å²) in [5, 5.41) is 5.78. The average molecular weight is 431 g/mol. The molecule has 2 N–H and O–H groups in total. The van der Waals surface area contributed by atoms with Crippen molar-refractivity contribution in [2.75, 3.05) is 39.8 Å². The zero-order chi connectivity index (χ0) is 22.2. The summed E-state index contributed by atoms with van der Waals surface area (Å²) in [6.45, 7) is 1.10. The Morgan fingerprint density at radius 3 is 2.35 bits per heavy atom. The van der Waals surface area contributed by atoms with E-state index in [1.165, 1.54) is 33.5 Å². The number of rotatable bonds is 7. The number of anilines is 1. The maximum atomic E-state index is 13.2. The van der Waals surface area contributed by atoms with E-state index in [1.807, 2.05) is 0 Å². The molecule has 1 aliphatic rings. The predicted molar refractivity (Wildman–Crippen MR) is 115 cm³/mol. The van der Waals surface area contributed by atoms with Gasteiger partial charge >= 0.3 is 0 Å². The van der Waals surface area contributed by atoms with E-state index in [2.05, 4.69) is 15.6 Å². The standard InChI is InChI=1S/C22H26FN3O5/c1-28-18-11-14(12-19(29-2)20(18)30-3)21(27)26-22(24-13-17-5-4-10-31-17)25-16-8-6-15(23)7-9-16/h6-9,11-12,17H,4-5,10,13H2,1-3H3,(H2,24,25,26,27). The number of hydrogen-bond donors (Lipinski definition) is 2. The van der Waals surface area contributed by atoms with Gasteiger partial charge in [0.25, 0.3) is 5.91 Å². The molecule has 2 aromatic carbocycles. The van der Waals surface area contributed by atoms with Gasteiger partial charge < -0.3 is 24.3 Å². The summed E-state index contributed by atoms with van der Waals surface area (Å²) in [5.41, 5.74) is 0.873. The minimum atomic E-state index is -0.431. The largest absolute Gasteiger partial charge is 0.493 e. The first-order valence-corrected chi connectivity index (χ1v) is 9.84. The smallest absolute Gasteiger partial charge is 0.258 e. The molecule has 1 unspecified atom stereocenters. The number of nitrogens with one attached hydrogen (secondary N) is 2. The number of hydrogen-bond acceptors (Lipinski definition) is 6. The summed E-state index contributed by atoms with van der Waals surface area (Å²) in [4.78, 5) is 17.4. The molecule has 0 spiro atoms. The van der Waals surface area contributed by atoms with Crippen molar-refractivity contribution in [3.63, 3.8) is 0 Å². The van der Waals surface area contributed by atoms with E-state index < -0.39 is 5.91 Å². The molecule has 1 heterocycles. The zero-order valence-electron chi connectivity index (χ0n) is 17.7. The number of benzene rings is 2. The van der Waals surface area contributed by atoms with Crippen molar-refractivity contribution >= 4 is 17.6 Å². The number of methoxy groups -OCH3 is 3. The summed E-state index contributed by atoms with van der Waals surface area (Å²) < 4.78 is 34.8. The van der Waals surface area contributed by atoms with Gasteiger partial charge in [-0.05, 0) is 49.2 Å². The normalized spacial score (nSPS) is 16.0. The Morgan fingerprint density at radius 1 is 1.13 bits per heavy atom. The SMILES string of the molecule is COc1cc(C(=O)NC(=NCC2CCCO2)Nc2ccc(F)cc2)cc(OC)c1OC. The van der Waals surface area contributed by atoms with Crippen LogP contribution in [0.4, 0.5) is 10.1 Å². The van der Waals surface area contributed by atoms with Crippen LogP contribution in [-0.4, -0.2) is 52.5 Å². The Bertz CT molecular complexity index is 902. The average Bonchev–Trinajstić information content (AvgIpc) is 3.31. The summed E-state index contributed by atoms with van der Waals surface area (Å²) in [6.07, 6.45) is 1.90. The van der Waals surface area contributed by atoms with Gasteiger partial charge in [-0.3, -0.25) is 10.1 Å². The number of carbonyl (C=O) groups is 1. The van der Waals surface area contributed by atoms with Crippen LogP contribution < -0.4 is 24.8 Å². The topological polar surface area (TPSA) is 90.4 Å². The van der Waals surface area contributed by atoms with Crippen molar-refractivity contribution in [1.82, 2.24) is 5.32 Å². The Labute approximate surface area is 180 Å². The predicted octanol–water partition coefficient (Wildman–Crippen LogP) is 3.23. The molecular weight excluding hydrogens is 405 g/mol. The lowest BCUT2D eigenvalue weighted by Gasteiger charge is -2.16. The third kappa shape index (κ3) is 5.85. The summed E-state index contributed by atoms with van der Waals surface area (Å²) in [6, 6.07) is 8.85. The molecule has 0 radical (unpaired) electrons. The third-order valence-electron chi connectivity index (χ3n) is 4.74. The maximum absolute atomic E-state index is 13.2. The van der Waals surface area contributed by atoms with Gasteiger partial charge in [0.15, 0.2) is 11.5 Å². The fourth-order valence-corrected chi connectivity index (χ4v) is 3.15. The molecule has 1 amide bonds. The van der Waals surface area contributed by atoms with Crippen LogP contribution in [0, 0.1) is 5.82 Å². The number of aliphatic imine (C=N–C) groups is 1. The first-order valence-electron chi connectivity index (χ1n) is 9.84. The van der Waals surface area contributed by atoms with E-state index in [9.17, 15) is 9.18 Å². The highest BCUT2D eigenvalue weighted by Gasteiger charge is 2.19. The molecule has 0 saturated carbocycles. The van der Waals surface area contributed by atoms with Crippen LogP contribution in [0.1, 0.15) is 23.2 Å². The Morgan fingerprint density at radius 2 is 1.81 bits per heavy atom. The highest BCUT2D eigenvalue weighted by atomic mass is 19.1. The summed E-state index contributed by atoms with van der Waals surface area (Å²) >= 11 is 0. The second-order valence-corrected chi connectivity index (χ2v) is 6.82. The molecular formula is C22H26FN3O5. The minimum Gasteiger partial charge on any atom is -0.493 e. The maximum Gasteiger partial charge on any atom is 0.258 e. The molecule has 0 aliphatic carbocycles. The van der Waals surface area contributed by atoms with Gasteiger partial charge in [0.05, 0.1) is 34.0 Å². The summed E-state index contributed by atoms with van der Waals surface area (Å²) in [5.74, 6) is 0.539. The van der Waals surface area contributed by atoms with E-state index in [0.717, 1.165) is 12.8 Å². The van der Waals surface area contributed by atoms with Crippen molar-refractivity contribution in [3.05, 3.63) is 47.8 Å². The lowest BCUT2D eigenvalue weighted by Crippen LogP contribution is -2.36. The number of nitrogens with zero attached hydrogens (tertiary/aromatic N) is 1. The quantitative estimate of drug-likeness (QED) is 0.517. The zero-order valence-corrected chi connectivity index (χ0v) is 17.7. The van der Waals surface area contributed by atoms with Crippen molar-refractivity contribution in [3.8, 4) is 17.2 Å². The molecule has 1 fully saturated rings. The van der Waals surface area contributed by atoms with E-state index >= 15 is 0 Å². The molecule has 2 aromatic rings. The Hall–Kier alpha value is -3.33. The van der Waals surface area contributed by atoms with Gasteiger partial charge in [-0.1, -0.05) is 0 Å². The first-order chi connectivity index (χ1) is 15.0. The monoisotopic (exact) mass is 431 g/mol. The first kappa shape index (κ1) is 22.4. The fraction of sp³-hybridized carbons (Fsp3) is 0.364. The van der Waals surface area contributed by atoms with E-state index in [-0.39, 0.29) is 17.9 Å². The lowest BCUT2D eigenvalue weighted by molar-refractivity contribution is 0.0974. The van der Waals surface area contributed by atoms with Crippen LogP contribution in [-0.2, 0) is 4.74 Å². The Balaban J connectivity index is 1.82. The van der Waals surface area contributed by atoms with Crippen LogP contribution >= 0.6 is 0 Å². The highest BCUT2D eigenvalue weighted by Crippen LogP contribution is 2.38. The number of ether oxygens (including phenoxy) is 4. The molecule has 0 aromatic heterocycles. The van der Waals surface area contributed by atoms with E-state index in [4.69, 9.17) is 18.9 Å². The molecule has 1 saturated heterocycles. The Kier molecular flexibility index (Phi) is 7.66. The molecule has 3 rings (SSSR count). The molecule has 0 bridgehead atoms. The van der Waals surface area contributed by atoms with Crippen LogP contribution in [0.25, 0.3) is 0 Å². The molecule has 9 heteroatoms. The third-order valence-corrected chi connectivity index (χ3v) is 4.74. The van der Waals surface area contributed by atoms with Crippen molar-refractivity contribution in [1.29, 1.82) is 0 Å². The van der Waals surface area contributed by atoms with Crippen LogP contribution in [0.15, 0.2) is 41.4 Å². The van der Waals surface area contributed by atoms with Gasteiger partial charge in [0, 0.05) is 17.9 Å². The van der Waals surface area contributed by atoms with Gasteiger partial charge in [-0.25, -0.2) is 9.38 Å². The lowest BCUT2D eigenvalue weighted by atomic mass is 10.1. The van der Waals surface area contributed by atoms with Crippen LogP contribution in [0.2, 0.25) is 0 Å². The molecule has 8 nitrogen and oxygen atoms in total. The molecule has 1 aliphatic heterocycles. The molecule has 31 heavy (non-hydrogen) atoms. The number of guanidine groups is 1.